The van der Waals surface area contributed by atoms with Crippen molar-refractivity contribution in [3.63, 3.8) is 0 Å². The molecule has 4 aromatic carbocycles. The summed E-state index contributed by atoms with van der Waals surface area (Å²) in [5.74, 6) is -5.98. The number of phenolic OH excluding ortho intramolecular Hbond substituents is 1. The summed E-state index contributed by atoms with van der Waals surface area (Å²) in [5.41, 5.74) is -0.409. The molecule has 1 saturated heterocycles. The fraction of sp³-hybridized carbons (Fsp3) is 0.297. The van der Waals surface area contributed by atoms with Crippen LogP contribution in [0.15, 0.2) is 97.1 Å². The van der Waals surface area contributed by atoms with Crippen molar-refractivity contribution in [3.8, 4) is 5.75 Å². The number of phenols is 1. The van der Waals surface area contributed by atoms with Gasteiger partial charge in [0, 0.05) is 36.7 Å². The van der Waals surface area contributed by atoms with Crippen molar-refractivity contribution in [2.75, 3.05) is 33.2 Å². The van der Waals surface area contributed by atoms with Crippen LogP contribution < -0.4 is 17.0 Å². The second-order valence-corrected chi connectivity index (χ2v) is 11.8. The Morgan fingerprint density at radius 1 is 0.957 bits per heavy atom. The average molecular weight is 715 g/mol. The van der Waals surface area contributed by atoms with Crippen molar-refractivity contribution in [2.24, 2.45) is 5.92 Å². The SMILES string of the molecule is [2H]C([2H])([2H])[N+](CC)(Cc1ccccc1)C[C@@H]1CN(C(=O)Cc2cc(F)c(F)cc2F)CC[C@@]1(OC(=O)c1ccccc1)c1cccc(O)c1.[Br-]. The average Bonchev–Trinajstić information content (AvgIpc) is 3.07. The van der Waals surface area contributed by atoms with Gasteiger partial charge in [0.25, 0.3) is 0 Å². The van der Waals surface area contributed by atoms with Crippen molar-refractivity contribution in [3.05, 3.63) is 137 Å². The van der Waals surface area contributed by atoms with E-state index in [1.807, 2.05) is 30.3 Å². The molecule has 1 heterocycles. The number of benzene rings is 4. The van der Waals surface area contributed by atoms with Gasteiger partial charge in [0.1, 0.15) is 23.7 Å². The van der Waals surface area contributed by atoms with E-state index in [2.05, 4.69) is 0 Å². The van der Waals surface area contributed by atoms with Crippen LogP contribution in [0.4, 0.5) is 13.2 Å². The van der Waals surface area contributed by atoms with E-state index in [9.17, 15) is 27.9 Å². The number of carbonyl (C=O) groups is 2. The molecule has 248 valence electrons. The molecule has 4 aromatic rings. The van der Waals surface area contributed by atoms with Gasteiger partial charge in [0.05, 0.1) is 42.1 Å². The zero-order chi connectivity index (χ0) is 35.4. The lowest BCUT2D eigenvalue weighted by atomic mass is 9.74. The minimum absolute atomic E-state index is 0. The van der Waals surface area contributed by atoms with Gasteiger partial charge in [0.15, 0.2) is 11.6 Å². The standard InChI is InChI=1S/C37H37F3N2O4.BrH/c1-3-42(2,24-26-11-6-4-7-12-26)25-30-23-41(35(44)20-28-19-33(39)34(40)22-32(28)38)18-17-37(30,29-15-10-16-31(43)21-29)46-36(45)27-13-8-5-9-14-27;/h4-16,19,21-22,30H,3,17-18,20,23-25H2,1-2H3;1H/t30-,37+,42?;/m0./s1/i2D3;. The monoisotopic (exact) mass is 713 g/mol. The number of halogens is 4. The van der Waals surface area contributed by atoms with Crippen molar-refractivity contribution >= 4 is 11.9 Å². The molecule has 1 aliphatic rings. The predicted octanol–water partition coefficient (Wildman–Crippen LogP) is 3.62. The van der Waals surface area contributed by atoms with E-state index in [4.69, 9.17) is 8.85 Å². The highest BCUT2D eigenvalue weighted by molar-refractivity contribution is 5.89. The highest BCUT2D eigenvalue weighted by Crippen LogP contribution is 2.44. The number of amides is 1. The lowest BCUT2D eigenvalue weighted by Crippen LogP contribution is -3.00. The number of rotatable bonds is 10. The molecule has 1 unspecified atom stereocenters. The van der Waals surface area contributed by atoms with Gasteiger partial charge in [-0.25, -0.2) is 18.0 Å². The minimum Gasteiger partial charge on any atom is -1.00 e. The zero-order valence-electron chi connectivity index (χ0n) is 28.8. The van der Waals surface area contributed by atoms with Crippen LogP contribution in [0.1, 0.15) is 44.5 Å². The van der Waals surface area contributed by atoms with Crippen LogP contribution in [0.3, 0.4) is 0 Å². The fourth-order valence-electron chi connectivity index (χ4n) is 6.22. The van der Waals surface area contributed by atoms with Gasteiger partial charge in [-0.3, -0.25) is 4.79 Å². The second-order valence-electron chi connectivity index (χ2n) is 11.8. The van der Waals surface area contributed by atoms with Crippen LogP contribution in [0, 0.1) is 23.4 Å². The first-order valence-electron chi connectivity index (χ1n) is 16.7. The number of quaternary nitrogens is 1. The molecule has 3 atom stereocenters. The van der Waals surface area contributed by atoms with Gasteiger partial charge in [-0.15, -0.1) is 0 Å². The van der Waals surface area contributed by atoms with E-state index in [1.54, 1.807) is 49.4 Å². The summed E-state index contributed by atoms with van der Waals surface area (Å²) in [6.07, 6.45) is -0.572. The predicted molar refractivity (Wildman–Crippen MR) is 168 cm³/mol. The molecule has 1 aliphatic heterocycles. The van der Waals surface area contributed by atoms with E-state index in [0.29, 0.717) is 17.7 Å². The van der Waals surface area contributed by atoms with Crippen molar-refractivity contribution in [1.29, 1.82) is 0 Å². The van der Waals surface area contributed by atoms with Gasteiger partial charge in [0.2, 0.25) is 5.91 Å². The van der Waals surface area contributed by atoms with E-state index < -0.39 is 58.7 Å². The zero-order valence-corrected chi connectivity index (χ0v) is 27.4. The van der Waals surface area contributed by atoms with Gasteiger partial charge in [-0.1, -0.05) is 60.7 Å². The Kier molecular flexibility index (Phi) is 10.2. The maximum absolute atomic E-state index is 14.6. The highest BCUT2D eigenvalue weighted by atomic mass is 79.9. The van der Waals surface area contributed by atoms with Crippen LogP contribution >= 0.6 is 0 Å². The number of ether oxygens (including phenoxy) is 1. The van der Waals surface area contributed by atoms with E-state index in [0.717, 1.165) is 5.56 Å². The smallest absolute Gasteiger partial charge is 0.339 e. The maximum Gasteiger partial charge on any atom is 0.339 e. The summed E-state index contributed by atoms with van der Waals surface area (Å²) in [6.45, 7) is -0.759. The number of likely N-dealkylation sites (tertiary alicyclic amines) is 1. The van der Waals surface area contributed by atoms with Crippen LogP contribution in [-0.4, -0.2) is 59.5 Å². The normalized spacial score (nSPS) is 20.1. The molecule has 6 nitrogen and oxygen atoms in total. The summed E-state index contributed by atoms with van der Waals surface area (Å²) in [5, 5.41) is 10.6. The Morgan fingerprint density at radius 2 is 1.64 bits per heavy atom. The van der Waals surface area contributed by atoms with E-state index in [1.165, 1.54) is 17.0 Å². The molecule has 0 aromatic heterocycles. The number of aromatic hydroxyl groups is 1. The van der Waals surface area contributed by atoms with Crippen molar-refractivity contribution in [2.45, 2.75) is 31.9 Å². The number of nitrogens with zero attached hydrogens (tertiary/aromatic N) is 2. The lowest BCUT2D eigenvalue weighted by Gasteiger charge is -2.50. The molecular formula is C37H38BrF3N2O4. The number of piperidine rings is 1. The Hall–Kier alpha value is -4.15. The first kappa shape index (κ1) is 31.4. The van der Waals surface area contributed by atoms with Gasteiger partial charge >= 0.3 is 5.97 Å². The summed E-state index contributed by atoms with van der Waals surface area (Å²) in [7, 11) is 0. The van der Waals surface area contributed by atoms with Crippen LogP contribution in [0.2, 0.25) is 0 Å². The molecular weight excluding hydrogens is 673 g/mol. The number of esters is 1. The molecule has 1 N–H and O–H groups in total. The minimum atomic E-state index is -2.56. The Morgan fingerprint density at radius 3 is 2.30 bits per heavy atom. The Balaban J connectivity index is 0.00000562. The van der Waals surface area contributed by atoms with Gasteiger partial charge in [-0.05, 0) is 42.8 Å². The first-order valence-corrected chi connectivity index (χ1v) is 15.2. The maximum atomic E-state index is 14.6. The molecule has 0 aliphatic carbocycles. The molecule has 0 bridgehead atoms. The molecule has 0 spiro atoms. The first-order chi connectivity index (χ1) is 23.3. The molecule has 47 heavy (non-hydrogen) atoms. The number of hydrogen-bond donors (Lipinski definition) is 1. The number of carbonyl (C=O) groups excluding carboxylic acids is 2. The van der Waals surface area contributed by atoms with E-state index in [-0.39, 0.29) is 73.0 Å². The Labute approximate surface area is 288 Å². The highest BCUT2D eigenvalue weighted by Gasteiger charge is 2.51. The third kappa shape index (κ3) is 8.23. The molecule has 0 radical (unpaired) electrons. The molecule has 1 fully saturated rings. The van der Waals surface area contributed by atoms with E-state index >= 15 is 0 Å². The summed E-state index contributed by atoms with van der Waals surface area (Å²) in [6, 6.07) is 24.7. The third-order valence-corrected chi connectivity index (χ3v) is 8.76. The second kappa shape index (κ2) is 15.2. The van der Waals surface area contributed by atoms with Crippen molar-refractivity contribution < 1.29 is 58.2 Å². The largest absolute Gasteiger partial charge is 1.00 e. The molecule has 0 saturated carbocycles. The van der Waals surface area contributed by atoms with Gasteiger partial charge < -0.3 is 36.2 Å². The third-order valence-electron chi connectivity index (χ3n) is 8.76. The van der Waals surface area contributed by atoms with Crippen LogP contribution in [0.25, 0.3) is 0 Å². The molecule has 5 rings (SSSR count). The van der Waals surface area contributed by atoms with Crippen LogP contribution in [0.5, 0.6) is 5.75 Å². The summed E-state index contributed by atoms with van der Waals surface area (Å²) in [4.78, 5) is 28.9. The molecule has 1 amide bonds. The van der Waals surface area contributed by atoms with Gasteiger partial charge in [-0.2, -0.15) is 0 Å². The van der Waals surface area contributed by atoms with Crippen molar-refractivity contribution in [1.82, 2.24) is 4.90 Å². The molecule has 10 heteroatoms. The Bertz CT molecular complexity index is 1800. The number of hydrogen-bond acceptors (Lipinski definition) is 4. The lowest BCUT2D eigenvalue weighted by molar-refractivity contribution is -0.925. The van der Waals surface area contributed by atoms with Crippen LogP contribution in [-0.2, 0) is 28.1 Å². The quantitative estimate of drug-likeness (QED) is 0.155. The fourth-order valence-corrected chi connectivity index (χ4v) is 6.22. The summed E-state index contributed by atoms with van der Waals surface area (Å²) < 4.78 is 74.5. The topological polar surface area (TPSA) is 66.8 Å². The summed E-state index contributed by atoms with van der Waals surface area (Å²) >= 11 is 0.